The van der Waals surface area contributed by atoms with E-state index in [1.54, 1.807) is 0 Å². The zero-order valence-electron chi connectivity index (χ0n) is 12.4. The van der Waals surface area contributed by atoms with Crippen LogP contribution in [0.1, 0.15) is 25.7 Å². The normalized spacial score (nSPS) is 21.1. The number of aliphatic hydroxyl groups is 1. The van der Waals surface area contributed by atoms with Gasteiger partial charge in [-0.15, -0.1) is 0 Å². The summed E-state index contributed by atoms with van der Waals surface area (Å²) in [5, 5.41) is 14.2. The monoisotopic (exact) mass is 332 g/mol. The maximum Gasteiger partial charge on any atom is 0.387 e. The number of nitrogens with one attached hydrogen (secondary N) is 2. The molecule has 0 unspecified atom stereocenters. The molecular formula is C15H19F3N2O3. The van der Waals surface area contributed by atoms with Gasteiger partial charge in [0, 0.05) is 18.7 Å². The minimum Gasteiger partial charge on any atom is -0.432 e. The summed E-state index contributed by atoms with van der Waals surface area (Å²) in [5.74, 6) is -0.910. The summed E-state index contributed by atoms with van der Waals surface area (Å²) in [4.78, 5) is 11.9. The second kappa shape index (κ2) is 8.05. The molecule has 1 aromatic rings. The molecule has 1 aromatic carbocycles. The molecule has 1 aliphatic rings. The van der Waals surface area contributed by atoms with Crippen molar-refractivity contribution < 1.29 is 27.8 Å². The first-order valence-electron chi connectivity index (χ1n) is 7.40. The first-order chi connectivity index (χ1) is 11.0. The van der Waals surface area contributed by atoms with Crippen LogP contribution in [0.15, 0.2) is 18.2 Å². The fourth-order valence-corrected chi connectivity index (χ4v) is 2.63. The molecule has 1 fully saturated rings. The quantitative estimate of drug-likeness (QED) is 0.776. The molecule has 128 valence electrons. The number of alkyl halides is 2. The largest absolute Gasteiger partial charge is 0.432 e. The van der Waals surface area contributed by atoms with Crippen molar-refractivity contribution >= 4 is 11.7 Å². The Kier molecular flexibility index (Phi) is 6.09. The van der Waals surface area contributed by atoms with Gasteiger partial charge in [0.15, 0.2) is 5.75 Å². The van der Waals surface area contributed by atoms with Gasteiger partial charge < -0.3 is 20.5 Å². The molecule has 0 saturated heterocycles. The van der Waals surface area contributed by atoms with Crippen LogP contribution in [0.2, 0.25) is 0 Å². The van der Waals surface area contributed by atoms with Gasteiger partial charge in [0.2, 0.25) is 0 Å². The predicted molar refractivity (Wildman–Crippen MR) is 78.0 cm³/mol. The van der Waals surface area contributed by atoms with Crippen molar-refractivity contribution in [2.45, 2.75) is 38.3 Å². The first kappa shape index (κ1) is 17.4. The van der Waals surface area contributed by atoms with Crippen molar-refractivity contribution in [3.8, 4) is 5.75 Å². The van der Waals surface area contributed by atoms with Crippen LogP contribution in [-0.2, 0) is 0 Å². The fourth-order valence-electron chi connectivity index (χ4n) is 2.63. The van der Waals surface area contributed by atoms with Crippen LogP contribution in [0.4, 0.5) is 23.7 Å². The van der Waals surface area contributed by atoms with E-state index in [2.05, 4.69) is 15.4 Å². The SMILES string of the molecule is O=C(Nc1ccc(F)cc1OC(F)F)NC1CCC(CO)CC1. The molecule has 8 heteroatoms. The van der Waals surface area contributed by atoms with Crippen LogP contribution in [0, 0.1) is 11.7 Å². The minimum absolute atomic E-state index is 0.0340. The predicted octanol–water partition coefficient (Wildman–Crippen LogP) is 3.10. The van der Waals surface area contributed by atoms with Gasteiger partial charge in [-0.3, -0.25) is 0 Å². The number of halogens is 3. The van der Waals surface area contributed by atoms with E-state index in [4.69, 9.17) is 5.11 Å². The van der Waals surface area contributed by atoms with Gasteiger partial charge in [-0.05, 0) is 43.7 Å². The number of aliphatic hydroxyl groups excluding tert-OH is 1. The van der Waals surface area contributed by atoms with Gasteiger partial charge in [0.25, 0.3) is 0 Å². The van der Waals surface area contributed by atoms with Gasteiger partial charge in [-0.1, -0.05) is 0 Å². The topological polar surface area (TPSA) is 70.6 Å². The second-order valence-corrected chi connectivity index (χ2v) is 5.52. The van der Waals surface area contributed by atoms with Crippen LogP contribution < -0.4 is 15.4 Å². The number of urea groups is 1. The molecule has 0 aromatic heterocycles. The van der Waals surface area contributed by atoms with E-state index in [0.29, 0.717) is 0 Å². The van der Waals surface area contributed by atoms with Crippen molar-refractivity contribution in [2.75, 3.05) is 11.9 Å². The summed E-state index contributed by atoms with van der Waals surface area (Å²) in [6.45, 7) is -2.97. The molecule has 2 amide bonds. The molecule has 1 saturated carbocycles. The van der Waals surface area contributed by atoms with Crippen molar-refractivity contribution in [1.82, 2.24) is 5.32 Å². The van der Waals surface area contributed by atoms with Crippen LogP contribution in [0.25, 0.3) is 0 Å². The Hall–Kier alpha value is -1.96. The Balaban J connectivity index is 1.92. The molecule has 0 atom stereocenters. The third-order valence-corrected chi connectivity index (χ3v) is 3.85. The third kappa shape index (κ3) is 5.31. The van der Waals surface area contributed by atoms with Crippen molar-refractivity contribution in [2.24, 2.45) is 5.92 Å². The number of hydrogen-bond donors (Lipinski definition) is 3. The van der Waals surface area contributed by atoms with Gasteiger partial charge in [0.05, 0.1) is 5.69 Å². The molecule has 0 spiro atoms. The number of carbonyl (C=O) groups excluding carboxylic acids is 1. The molecule has 0 aliphatic heterocycles. The molecular weight excluding hydrogens is 313 g/mol. The van der Waals surface area contributed by atoms with Gasteiger partial charge >= 0.3 is 12.6 Å². The second-order valence-electron chi connectivity index (χ2n) is 5.52. The molecule has 2 rings (SSSR count). The molecule has 23 heavy (non-hydrogen) atoms. The van der Waals surface area contributed by atoms with Crippen LogP contribution in [-0.4, -0.2) is 30.4 Å². The Morgan fingerprint density at radius 3 is 2.61 bits per heavy atom. The number of carbonyl (C=O) groups is 1. The van der Waals surface area contributed by atoms with E-state index < -0.39 is 24.2 Å². The van der Waals surface area contributed by atoms with E-state index >= 15 is 0 Å². The lowest BCUT2D eigenvalue weighted by atomic mass is 9.87. The summed E-state index contributed by atoms with van der Waals surface area (Å²) in [6, 6.07) is 2.38. The summed E-state index contributed by atoms with van der Waals surface area (Å²) in [7, 11) is 0. The highest BCUT2D eigenvalue weighted by Crippen LogP contribution is 2.27. The standard InChI is InChI=1S/C15H19F3N2O3/c16-10-3-6-12(13(7-10)23-14(17)18)20-15(22)19-11-4-1-9(8-21)2-5-11/h3,6-7,9,11,14,21H,1-2,4-5,8H2,(H2,19,20,22). The average molecular weight is 332 g/mol. The maximum absolute atomic E-state index is 13.1. The smallest absolute Gasteiger partial charge is 0.387 e. The number of rotatable bonds is 5. The van der Waals surface area contributed by atoms with Crippen LogP contribution >= 0.6 is 0 Å². The maximum atomic E-state index is 13.1. The molecule has 3 N–H and O–H groups in total. The lowest BCUT2D eigenvalue weighted by Crippen LogP contribution is -2.40. The van der Waals surface area contributed by atoms with E-state index in [1.807, 2.05) is 0 Å². The zero-order chi connectivity index (χ0) is 16.8. The van der Waals surface area contributed by atoms with Crippen molar-refractivity contribution in [3.63, 3.8) is 0 Å². The van der Waals surface area contributed by atoms with Gasteiger partial charge in [-0.25, -0.2) is 9.18 Å². The van der Waals surface area contributed by atoms with E-state index in [1.165, 1.54) is 0 Å². The zero-order valence-corrected chi connectivity index (χ0v) is 12.4. The van der Waals surface area contributed by atoms with Crippen molar-refractivity contribution in [3.05, 3.63) is 24.0 Å². The Bertz CT molecular complexity index is 535. The molecule has 1 aliphatic carbocycles. The van der Waals surface area contributed by atoms with Gasteiger partial charge in [-0.2, -0.15) is 8.78 Å². The molecule has 5 nitrogen and oxygen atoms in total. The van der Waals surface area contributed by atoms with Crippen molar-refractivity contribution in [1.29, 1.82) is 0 Å². The summed E-state index contributed by atoms with van der Waals surface area (Å²) in [6.07, 6.45) is 3.11. The fraction of sp³-hybridized carbons (Fsp3) is 0.533. The highest BCUT2D eigenvalue weighted by molar-refractivity contribution is 5.91. The molecule has 0 bridgehead atoms. The Labute approximate surface area is 131 Å². The first-order valence-corrected chi connectivity index (χ1v) is 7.40. The third-order valence-electron chi connectivity index (χ3n) is 3.85. The molecule has 0 radical (unpaired) electrons. The summed E-state index contributed by atoms with van der Waals surface area (Å²) < 4.78 is 41.9. The van der Waals surface area contributed by atoms with Crippen LogP contribution in [0.5, 0.6) is 5.75 Å². The average Bonchev–Trinajstić information content (AvgIpc) is 2.50. The lowest BCUT2D eigenvalue weighted by Gasteiger charge is -2.28. The molecule has 0 heterocycles. The highest BCUT2D eigenvalue weighted by Gasteiger charge is 2.22. The van der Waals surface area contributed by atoms with E-state index in [0.717, 1.165) is 43.9 Å². The Morgan fingerprint density at radius 2 is 2.00 bits per heavy atom. The lowest BCUT2D eigenvalue weighted by molar-refractivity contribution is -0.0495. The summed E-state index contributed by atoms with van der Waals surface area (Å²) >= 11 is 0. The van der Waals surface area contributed by atoms with E-state index in [9.17, 15) is 18.0 Å². The number of hydrogen-bond acceptors (Lipinski definition) is 3. The summed E-state index contributed by atoms with van der Waals surface area (Å²) in [5.41, 5.74) is -0.0340. The van der Waals surface area contributed by atoms with Gasteiger partial charge in [0.1, 0.15) is 5.82 Å². The van der Waals surface area contributed by atoms with Crippen LogP contribution in [0.3, 0.4) is 0 Å². The number of amides is 2. The van der Waals surface area contributed by atoms with E-state index in [-0.39, 0.29) is 24.3 Å². The Morgan fingerprint density at radius 1 is 1.30 bits per heavy atom. The minimum atomic E-state index is -3.12. The highest BCUT2D eigenvalue weighted by atomic mass is 19.3. The number of anilines is 1. The number of ether oxygens (including phenoxy) is 1. The number of benzene rings is 1.